The van der Waals surface area contributed by atoms with Gasteiger partial charge in [0.25, 0.3) is 0 Å². The molecule has 0 bridgehead atoms. The molecular weight excluding hydrogens is 351 g/mol. The van der Waals surface area contributed by atoms with E-state index >= 15 is 0 Å². The van der Waals surface area contributed by atoms with Gasteiger partial charge >= 0.3 is 0 Å². The van der Waals surface area contributed by atoms with Crippen molar-refractivity contribution in [3.8, 4) is 35.8 Å². The Morgan fingerprint density at radius 2 is 1.82 bits per heavy atom. The molecule has 3 nitrogen and oxygen atoms in total. The lowest BCUT2D eigenvalue weighted by Gasteiger charge is -2.08. The molecule has 0 saturated carbocycles. The van der Waals surface area contributed by atoms with Crippen LogP contribution in [0.3, 0.4) is 0 Å². The van der Waals surface area contributed by atoms with Gasteiger partial charge in [-0.05, 0) is 66.8 Å². The smallest absolute Gasteiger partial charge is 0.131 e. The molecule has 1 aromatic heterocycles. The molecule has 0 amide bonds. The van der Waals surface area contributed by atoms with Crippen molar-refractivity contribution in [2.24, 2.45) is 0 Å². The summed E-state index contributed by atoms with van der Waals surface area (Å²) in [4.78, 5) is 4.11. The number of aromatic nitrogens is 1. The number of pyridine rings is 1. The Morgan fingerprint density at radius 3 is 2.50 bits per heavy atom. The topological polar surface area (TPSA) is 45.9 Å². The number of benzene rings is 2. The second kappa shape index (κ2) is 11.2. The average Bonchev–Trinajstić information content (AvgIpc) is 2.76. The summed E-state index contributed by atoms with van der Waals surface area (Å²) in [7, 11) is 0. The summed E-state index contributed by atoms with van der Waals surface area (Å²) in [5.41, 5.74) is 2.82. The second-order valence-corrected chi connectivity index (χ2v) is 6.00. The van der Waals surface area contributed by atoms with E-state index in [1.807, 2.05) is 42.6 Å². The molecule has 4 heteroatoms. The maximum atomic E-state index is 14.0. The molecule has 0 aliphatic heterocycles. The van der Waals surface area contributed by atoms with Crippen molar-refractivity contribution < 1.29 is 9.13 Å². The van der Waals surface area contributed by atoms with Gasteiger partial charge in [0, 0.05) is 18.0 Å². The fourth-order valence-corrected chi connectivity index (χ4v) is 2.71. The van der Waals surface area contributed by atoms with Crippen molar-refractivity contribution in [1.29, 1.82) is 5.26 Å². The minimum absolute atomic E-state index is 0.340. The number of halogens is 1. The van der Waals surface area contributed by atoms with Gasteiger partial charge < -0.3 is 4.74 Å². The molecule has 0 N–H and O–H groups in total. The average molecular weight is 372 g/mol. The zero-order valence-electron chi connectivity index (χ0n) is 15.5. The number of aryl methyl sites for hydroxylation is 1. The molecule has 3 aromatic rings. The van der Waals surface area contributed by atoms with Crippen molar-refractivity contribution in [2.45, 2.75) is 19.3 Å². The van der Waals surface area contributed by atoms with E-state index in [2.05, 4.69) is 23.9 Å². The van der Waals surface area contributed by atoms with Crippen LogP contribution in [0.15, 0.2) is 67.0 Å². The van der Waals surface area contributed by atoms with E-state index < -0.39 is 0 Å². The molecule has 0 aliphatic carbocycles. The molecule has 0 radical (unpaired) electrons. The fourth-order valence-electron chi connectivity index (χ4n) is 2.71. The molecule has 0 unspecified atom stereocenters. The summed E-state index contributed by atoms with van der Waals surface area (Å²) < 4.78 is 19.7. The highest BCUT2D eigenvalue weighted by Gasteiger charge is 2.07. The van der Waals surface area contributed by atoms with Crippen molar-refractivity contribution in [3.63, 3.8) is 0 Å². The quantitative estimate of drug-likeness (QED) is 0.411. The third-order valence-electron chi connectivity index (χ3n) is 4.11. The number of unbranched alkanes of at least 4 members (excludes halogenated alkanes) is 1. The summed E-state index contributed by atoms with van der Waals surface area (Å²) in [6, 6.07) is 17.7. The van der Waals surface area contributed by atoms with Crippen LogP contribution >= 0.6 is 0 Å². The van der Waals surface area contributed by atoms with Gasteiger partial charge in [0.15, 0.2) is 0 Å². The Morgan fingerprint density at radius 1 is 1.04 bits per heavy atom. The maximum Gasteiger partial charge on any atom is 0.131 e. The summed E-state index contributed by atoms with van der Waals surface area (Å²) >= 11 is 0. The lowest BCUT2D eigenvalue weighted by atomic mass is 10.0. The minimum atomic E-state index is -0.340. The Kier molecular flexibility index (Phi) is 8.24. The van der Waals surface area contributed by atoms with Crippen molar-refractivity contribution in [2.75, 3.05) is 6.61 Å². The molecule has 140 valence electrons. The predicted molar refractivity (Wildman–Crippen MR) is 109 cm³/mol. The number of rotatable bonds is 7. The van der Waals surface area contributed by atoms with Gasteiger partial charge in [0.05, 0.1) is 18.2 Å². The van der Waals surface area contributed by atoms with E-state index in [0.29, 0.717) is 17.7 Å². The number of hydrogen-bond acceptors (Lipinski definition) is 3. The predicted octanol–water partition coefficient (Wildman–Crippen LogP) is 5.41. The van der Waals surface area contributed by atoms with Crippen LogP contribution < -0.4 is 4.74 Å². The normalized spacial score (nSPS) is 9.64. The highest BCUT2D eigenvalue weighted by Crippen LogP contribution is 2.26. The summed E-state index contributed by atoms with van der Waals surface area (Å²) in [6.45, 7) is 0.637. The Hall–Kier alpha value is -3.63. The first kappa shape index (κ1) is 20.7. The number of nitrogens with zero attached hydrogens (tertiary/aromatic N) is 2. The summed E-state index contributed by atoms with van der Waals surface area (Å²) in [5, 5.41) is 8.96. The van der Waals surface area contributed by atoms with E-state index in [1.165, 1.54) is 17.7 Å². The molecule has 2 aromatic carbocycles. The van der Waals surface area contributed by atoms with E-state index in [4.69, 9.17) is 10.00 Å². The number of terminal acetylenes is 1. The molecule has 28 heavy (non-hydrogen) atoms. The summed E-state index contributed by atoms with van der Waals surface area (Å²) in [6.07, 6.45) is 14.6. The van der Waals surface area contributed by atoms with E-state index in [-0.39, 0.29) is 5.82 Å². The lowest BCUT2D eigenvalue weighted by molar-refractivity contribution is 0.307. The molecule has 0 saturated heterocycles. The highest BCUT2D eigenvalue weighted by molar-refractivity contribution is 5.66. The first-order valence-electron chi connectivity index (χ1n) is 8.91. The highest BCUT2D eigenvalue weighted by atomic mass is 19.1. The lowest BCUT2D eigenvalue weighted by Crippen LogP contribution is -1.98. The van der Waals surface area contributed by atoms with Crippen molar-refractivity contribution >= 4 is 0 Å². The standard InChI is InChI=1S/C22H19FN2O.C2H2/c23-22-11-6-18(15-24)14-21(22)19-7-9-20(10-8-19)26-13-2-1-4-17-5-3-12-25-16-17;1-2/h3,5-12,14,16H,1-2,4,13H2;1-2H. The molecule has 0 atom stereocenters. The van der Waals surface area contributed by atoms with Crippen LogP contribution in [0.4, 0.5) is 4.39 Å². The number of ether oxygens (including phenoxy) is 1. The van der Waals surface area contributed by atoms with Crippen LogP contribution in [-0.4, -0.2) is 11.6 Å². The molecule has 0 fully saturated rings. The van der Waals surface area contributed by atoms with Crippen molar-refractivity contribution in [3.05, 3.63) is 83.9 Å². The molecule has 3 rings (SSSR count). The van der Waals surface area contributed by atoms with Crippen LogP contribution in [0.1, 0.15) is 24.0 Å². The second-order valence-electron chi connectivity index (χ2n) is 6.00. The minimum Gasteiger partial charge on any atom is -0.494 e. The number of hydrogen-bond donors (Lipinski definition) is 0. The Balaban J connectivity index is 0.00000136. The Labute approximate surface area is 165 Å². The van der Waals surface area contributed by atoms with Crippen LogP contribution in [-0.2, 0) is 6.42 Å². The van der Waals surface area contributed by atoms with Crippen molar-refractivity contribution in [1.82, 2.24) is 4.98 Å². The SMILES string of the molecule is C#C.N#Cc1ccc(F)c(-c2ccc(OCCCCc3cccnc3)cc2)c1. The zero-order valence-corrected chi connectivity index (χ0v) is 15.5. The third kappa shape index (κ3) is 5.97. The van der Waals surface area contributed by atoms with Crippen LogP contribution in [0.5, 0.6) is 5.75 Å². The first-order chi connectivity index (χ1) is 13.8. The van der Waals surface area contributed by atoms with Gasteiger partial charge in [0.1, 0.15) is 11.6 Å². The third-order valence-corrected chi connectivity index (χ3v) is 4.11. The zero-order chi connectivity index (χ0) is 20.2. The molecule has 0 spiro atoms. The van der Waals surface area contributed by atoms with Crippen LogP contribution in [0, 0.1) is 30.0 Å². The van der Waals surface area contributed by atoms with Gasteiger partial charge in [-0.25, -0.2) is 4.39 Å². The van der Waals surface area contributed by atoms with Gasteiger partial charge in [-0.15, -0.1) is 12.8 Å². The molecule has 0 aliphatic rings. The van der Waals surface area contributed by atoms with E-state index in [9.17, 15) is 4.39 Å². The van der Waals surface area contributed by atoms with Crippen LogP contribution in [0.25, 0.3) is 11.1 Å². The largest absolute Gasteiger partial charge is 0.494 e. The van der Waals surface area contributed by atoms with Crippen LogP contribution in [0.2, 0.25) is 0 Å². The molecule has 1 heterocycles. The fraction of sp³-hybridized carbons (Fsp3) is 0.167. The van der Waals surface area contributed by atoms with Gasteiger partial charge in [-0.2, -0.15) is 5.26 Å². The maximum absolute atomic E-state index is 14.0. The molecular formula is C24H21FN2O. The van der Waals surface area contributed by atoms with Gasteiger partial charge in [0.2, 0.25) is 0 Å². The number of nitriles is 1. The van der Waals surface area contributed by atoms with E-state index in [1.54, 1.807) is 12.3 Å². The van der Waals surface area contributed by atoms with Gasteiger partial charge in [-0.3, -0.25) is 4.98 Å². The first-order valence-corrected chi connectivity index (χ1v) is 8.91. The van der Waals surface area contributed by atoms with E-state index in [0.717, 1.165) is 30.6 Å². The van der Waals surface area contributed by atoms with Gasteiger partial charge in [-0.1, -0.05) is 18.2 Å². The summed E-state index contributed by atoms with van der Waals surface area (Å²) in [5.74, 6) is 0.417. The Bertz CT molecular complexity index is 928. The monoisotopic (exact) mass is 372 g/mol.